The Bertz CT molecular complexity index is 4540. The van der Waals surface area contributed by atoms with Crippen molar-refractivity contribution in [3.05, 3.63) is 303 Å². The number of hydrogen-bond donors (Lipinski definition) is 0. The van der Waals surface area contributed by atoms with Crippen LogP contribution in [0.1, 0.15) is 0 Å². The smallest absolute Gasteiger partial charge is 0.239 e. The number of fused-ring (bicyclic) bond motifs is 10. The summed E-state index contributed by atoms with van der Waals surface area (Å²) < 4.78 is 8.98. The average Bonchev–Trinajstić information content (AvgIpc) is 2.60. The van der Waals surface area contributed by atoms with Gasteiger partial charge in [0.2, 0.25) is 17.5 Å². The molecule has 0 fully saturated rings. The van der Waals surface area contributed by atoms with Gasteiger partial charge in [-0.25, -0.2) is 19.5 Å². The van der Waals surface area contributed by atoms with Gasteiger partial charge < -0.3 is 0 Å². The predicted octanol–water partition coefficient (Wildman–Crippen LogP) is 10.4. The van der Waals surface area contributed by atoms with Crippen molar-refractivity contribution in [1.29, 1.82) is 0 Å². The molecule has 0 unspecified atom stereocenters. The lowest BCUT2D eigenvalue weighted by atomic mass is 10.1. The highest BCUT2D eigenvalue weighted by atomic mass is 28.3. The molecule has 5 aromatic heterocycles. The second-order valence-electron chi connectivity index (χ2n) is 21.0. The normalized spacial score (nSPS) is 12.1. The SMILES string of the molecule is c1ccc(-c2cc(-n3c4ccccc4n4c5cc([Si](c6ccccc6)(c6ccccc6)c6ccccc6)ccc5nc34)nc(-n3c4ccccc4n4c5cc([Si](c6ccccc6)(c6ccccc6)c6ccccc6)ccc5nc34)n2)cc1. The van der Waals surface area contributed by atoms with E-state index >= 15 is 0 Å². The van der Waals surface area contributed by atoms with Gasteiger partial charge in [0.1, 0.15) is 5.82 Å². The first-order valence-corrected chi connectivity index (χ1v) is 31.8. The molecule has 0 amide bonds. The van der Waals surface area contributed by atoms with E-state index in [-0.39, 0.29) is 0 Å². The molecule has 0 saturated carbocycles. The summed E-state index contributed by atoms with van der Waals surface area (Å²) in [6.45, 7) is 0. The van der Waals surface area contributed by atoms with Gasteiger partial charge in [0.15, 0.2) is 16.1 Å². The molecule has 0 radical (unpaired) electrons. The fourth-order valence-corrected chi connectivity index (χ4v) is 22.7. The van der Waals surface area contributed by atoms with Crippen LogP contribution in [0, 0.1) is 0 Å². The van der Waals surface area contributed by atoms with Gasteiger partial charge in [-0.05, 0) is 90.0 Å². The summed E-state index contributed by atoms with van der Waals surface area (Å²) in [6, 6.07) is 110. The van der Waals surface area contributed by atoms with Crippen molar-refractivity contribution in [2.24, 2.45) is 0 Å². The number of imidazole rings is 4. The van der Waals surface area contributed by atoms with Crippen molar-refractivity contribution < 1.29 is 0 Å². The van der Waals surface area contributed by atoms with Crippen molar-refractivity contribution in [3.8, 4) is 23.0 Å². The summed E-state index contributed by atoms with van der Waals surface area (Å²) in [5.41, 5.74) is 9.51. The van der Waals surface area contributed by atoms with E-state index in [2.05, 4.69) is 315 Å². The molecule has 8 nitrogen and oxygen atoms in total. The number of benzene rings is 11. The van der Waals surface area contributed by atoms with E-state index < -0.39 is 16.1 Å². The van der Waals surface area contributed by atoms with Crippen molar-refractivity contribution in [2.75, 3.05) is 0 Å². The maximum atomic E-state index is 5.66. The zero-order chi connectivity index (χ0) is 54.2. The third-order valence-electron chi connectivity index (χ3n) is 16.7. The minimum Gasteiger partial charge on any atom is -0.276 e. The predicted molar refractivity (Wildman–Crippen MR) is 341 cm³/mol. The summed E-state index contributed by atoms with van der Waals surface area (Å²) in [7, 11) is -5.77. The highest BCUT2D eigenvalue weighted by molar-refractivity contribution is 7.20. The van der Waals surface area contributed by atoms with Crippen LogP contribution in [-0.2, 0) is 0 Å². The van der Waals surface area contributed by atoms with Gasteiger partial charge in [0.05, 0.1) is 49.8 Å². The second kappa shape index (κ2) is 19.1. The minimum atomic E-state index is -2.88. The van der Waals surface area contributed by atoms with Gasteiger partial charge in [0, 0.05) is 11.6 Å². The molecule has 386 valence electrons. The molecule has 5 heterocycles. The molecule has 82 heavy (non-hydrogen) atoms. The molecule has 11 aromatic carbocycles. The van der Waals surface area contributed by atoms with Crippen molar-refractivity contribution in [2.45, 2.75) is 0 Å². The first-order valence-electron chi connectivity index (χ1n) is 27.8. The Hall–Kier alpha value is -10.5. The summed E-state index contributed by atoms with van der Waals surface area (Å²) in [5.74, 6) is 2.66. The molecule has 0 saturated heterocycles. The van der Waals surface area contributed by atoms with Crippen LogP contribution in [0.4, 0.5) is 0 Å². The number of nitrogens with zero attached hydrogens (tertiary/aromatic N) is 8. The molecule has 0 aliphatic carbocycles. The second-order valence-corrected chi connectivity index (χ2v) is 28.6. The lowest BCUT2D eigenvalue weighted by Crippen LogP contribution is -2.74. The van der Waals surface area contributed by atoms with E-state index in [0.717, 1.165) is 66.9 Å². The van der Waals surface area contributed by atoms with E-state index in [1.165, 1.54) is 41.5 Å². The van der Waals surface area contributed by atoms with Gasteiger partial charge in [-0.15, -0.1) is 0 Å². The minimum absolute atomic E-state index is 0.498. The van der Waals surface area contributed by atoms with E-state index in [1.807, 2.05) is 6.07 Å². The number of rotatable bonds is 11. The molecule has 0 bridgehead atoms. The molecule has 16 rings (SSSR count). The Kier molecular flexibility index (Phi) is 11.1. The van der Waals surface area contributed by atoms with Crippen molar-refractivity contribution in [3.63, 3.8) is 0 Å². The Balaban J connectivity index is 0.940. The lowest BCUT2D eigenvalue weighted by molar-refractivity contribution is 0.930. The fraction of sp³-hybridized carbons (Fsp3) is 0. The van der Waals surface area contributed by atoms with Gasteiger partial charge in [-0.3, -0.25) is 13.4 Å². The third kappa shape index (κ3) is 7.15. The number of aromatic nitrogens is 8. The van der Waals surface area contributed by atoms with E-state index in [0.29, 0.717) is 11.8 Å². The van der Waals surface area contributed by atoms with Crippen LogP contribution in [-0.4, -0.2) is 54.0 Å². The van der Waals surface area contributed by atoms with Crippen LogP contribution in [0.3, 0.4) is 0 Å². The summed E-state index contributed by atoms with van der Waals surface area (Å²) in [5, 5.41) is 10.4. The standard InChI is InChI=1S/C72H50N8Si2/c1-8-26-51(27-9-1)62-50-69(79-65-42-24-22-40-63(65)77-67-48-58(44-46-60(67)74-71(77)79)81(52-28-10-2-11-29-52,53-30-12-3-13-31-53)54-32-14-4-15-33-54)76-70(73-62)80-66-43-25-23-41-64(66)78-68-49-59(45-47-61(68)75-72(78)80)82(55-34-16-5-17-35-55,56-36-18-6-19-37-56)57-38-20-7-21-39-57/h1-50H. The molecule has 0 aliphatic heterocycles. The number of para-hydroxylation sites is 4. The van der Waals surface area contributed by atoms with Crippen LogP contribution in [0.15, 0.2) is 303 Å². The molecule has 10 heteroatoms. The van der Waals surface area contributed by atoms with Crippen molar-refractivity contribution >= 4 is 113 Å². The average molecular weight is 1080 g/mol. The molecule has 0 aliphatic rings. The van der Waals surface area contributed by atoms with E-state index in [1.54, 1.807) is 0 Å². The molecular formula is C72H50N8Si2. The van der Waals surface area contributed by atoms with Crippen molar-refractivity contribution in [1.82, 2.24) is 37.9 Å². The Morgan fingerprint density at radius 1 is 0.244 bits per heavy atom. The van der Waals surface area contributed by atoms with Crippen LogP contribution in [0.2, 0.25) is 0 Å². The maximum absolute atomic E-state index is 5.66. The Labute approximate surface area is 474 Å². The van der Waals surface area contributed by atoms with Crippen LogP contribution in [0.5, 0.6) is 0 Å². The topological polar surface area (TPSA) is 70.2 Å². The highest BCUT2D eigenvalue weighted by Crippen LogP contribution is 2.34. The van der Waals surface area contributed by atoms with Crippen LogP contribution < -0.4 is 41.5 Å². The Morgan fingerprint density at radius 2 is 0.573 bits per heavy atom. The molecule has 0 atom stereocenters. The van der Waals surface area contributed by atoms with Crippen LogP contribution >= 0.6 is 0 Å². The van der Waals surface area contributed by atoms with E-state index in [9.17, 15) is 0 Å². The van der Waals surface area contributed by atoms with Gasteiger partial charge in [-0.1, -0.05) is 249 Å². The van der Waals surface area contributed by atoms with E-state index in [4.69, 9.17) is 19.9 Å². The fourth-order valence-electron chi connectivity index (χ4n) is 13.2. The molecule has 0 N–H and O–H groups in total. The molecular weight excluding hydrogens is 1030 g/mol. The zero-order valence-corrected chi connectivity index (χ0v) is 46.4. The van der Waals surface area contributed by atoms with Crippen LogP contribution in [0.25, 0.3) is 78.7 Å². The highest BCUT2D eigenvalue weighted by Gasteiger charge is 2.43. The van der Waals surface area contributed by atoms with Gasteiger partial charge >= 0.3 is 0 Å². The quantitative estimate of drug-likeness (QED) is 0.0956. The Morgan fingerprint density at radius 3 is 0.963 bits per heavy atom. The molecule has 0 spiro atoms. The largest absolute Gasteiger partial charge is 0.276 e. The lowest BCUT2D eigenvalue weighted by Gasteiger charge is -2.34. The first kappa shape index (κ1) is 47.5. The monoisotopic (exact) mass is 1080 g/mol. The summed E-state index contributed by atoms with van der Waals surface area (Å²) >= 11 is 0. The summed E-state index contributed by atoms with van der Waals surface area (Å²) in [6.07, 6.45) is 0. The zero-order valence-electron chi connectivity index (χ0n) is 44.4. The number of hydrogen-bond acceptors (Lipinski definition) is 4. The van der Waals surface area contributed by atoms with Gasteiger partial charge in [-0.2, -0.15) is 4.98 Å². The summed E-state index contributed by atoms with van der Waals surface area (Å²) in [4.78, 5) is 22.2. The maximum Gasteiger partial charge on any atom is 0.239 e. The first-order chi connectivity index (χ1) is 40.7. The molecule has 16 aromatic rings. The van der Waals surface area contributed by atoms with Gasteiger partial charge in [0.25, 0.3) is 0 Å². The third-order valence-corrected chi connectivity index (χ3v) is 26.3.